The molecule has 204 valence electrons. The number of amides is 2. The van der Waals surface area contributed by atoms with Crippen molar-refractivity contribution in [3.63, 3.8) is 0 Å². The lowest BCUT2D eigenvalue weighted by atomic mass is 9.99. The van der Waals surface area contributed by atoms with Crippen LogP contribution in [0.2, 0.25) is 0 Å². The first kappa shape index (κ1) is 27.4. The molecule has 1 atom stereocenters. The number of rotatable bonds is 8. The number of sulfonamides is 1. The number of nitrogens with zero attached hydrogens (tertiary/aromatic N) is 1. The van der Waals surface area contributed by atoms with Crippen molar-refractivity contribution in [3.05, 3.63) is 113 Å². The fraction of sp³-hybridized carbons (Fsp3) is 0.167. The molecule has 5 rings (SSSR count). The minimum Gasteiger partial charge on any atom is -0.324 e. The highest BCUT2D eigenvalue weighted by Gasteiger charge is 2.40. The van der Waals surface area contributed by atoms with Gasteiger partial charge in [0.25, 0.3) is 15.9 Å². The fourth-order valence-corrected chi connectivity index (χ4v) is 7.49. The van der Waals surface area contributed by atoms with Gasteiger partial charge in [-0.2, -0.15) is 4.31 Å². The van der Waals surface area contributed by atoms with Gasteiger partial charge in [0.05, 0.1) is 16.9 Å². The molecule has 0 aliphatic carbocycles. The summed E-state index contributed by atoms with van der Waals surface area (Å²) in [7, 11) is -3.81. The molecule has 2 amide bonds. The van der Waals surface area contributed by atoms with Gasteiger partial charge in [-0.15, -0.1) is 11.3 Å². The highest BCUT2D eigenvalue weighted by Crippen LogP contribution is 2.30. The Hall–Kier alpha value is -4.12. The second-order valence-electron chi connectivity index (χ2n) is 9.44. The third kappa shape index (κ3) is 5.60. The van der Waals surface area contributed by atoms with Crippen LogP contribution in [-0.2, 0) is 14.8 Å². The standard InChI is InChI=1S/C30H27N3O5S2/c1-20-15-16-25(23(19-20)28(34)21-9-3-2-4-10-21)31-29(35)22-11-5-6-12-24(22)32-30(36)26-13-7-17-33(26)40(37,38)27-14-8-18-39-27/h2-6,8-12,14-16,18-19,26H,7,13,17H2,1H3,(H,31,35)(H,32,36). The zero-order valence-electron chi connectivity index (χ0n) is 21.7. The number of anilines is 2. The maximum absolute atomic E-state index is 13.4. The van der Waals surface area contributed by atoms with Crippen LogP contribution in [0.5, 0.6) is 0 Å². The average molecular weight is 574 g/mol. The molecule has 1 unspecified atom stereocenters. The summed E-state index contributed by atoms with van der Waals surface area (Å²) in [6.07, 6.45) is 0.926. The Balaban J connectivity index is 1.37. The quantitative estimate of drug-likeness (QED) is 0.277. The predicted molar refractivity (Wildman–Crippen MR) is 155 cm³/mol. The van der Waals surface area contributed by atoms with Crippen LogP contribution in [0.1, 0.15) is 44.7 Å². The van der Waals surface area contributed by atoms with E-state index in [0.717, 1.165) is 16.9 Å². The monoisotopic (exact) mass is 573 g/mol. The van der Waals surface area contributed by atoms with Gasteiger partial charge in [-0.3, -0.25) is 14.4 Å². The first-order valence-electron chi connectivity index (χ1n) is 12.7. The number of aryl methyl sites for hydroxylation is 1. The van der Waals surface area contributed by atoms with Crippen molar-refractivity contribution in [2.75, 3.05) is 17.2 Å². The van der Waals surface area contributed by atoms with Crippen LogP contribution in [0, 0.1) is 6.92 Å². The number of ketones is 1. The van der Waals surface area contributed by atoms with E-state index in [2.05, 4.69) is 10.6 Å². The fourth-order valence-electron chi connectivity index (χ4n) is 4.71. The maximum atomic E-state index is 13.4. The minimum atomic E-state index is -3.81. The first-order chi connectivity index (χ1) is 19.3. The van der Waals surface area contributed by atoms with Crippen LogP contribution in [0.4, 0.5) is 11.4 Å². The van der Waals surface area contributed by atoms with Crippen LogP contribution in [-0.4, -0.2) is 42.9 Å². The number of benzene rings is 3. The number of carbonyl (C=O) groups is 3. The summed E-state index contributed by atoms with van der Waals surface area (Å²) in [5, 5.41) is 7.27. The number of carbonyl (C=O) groups excluding carboxylic acids is 3. The minimum absolute atomic E-state index is 0.181. The molecule has 0 bridgehead atoms. The molecule has 40 heavy (non-hydrogen) atoms. The van der Waals surface area contributed by atoms with Gasteiger partial charge in [0, 0.05) is 17.7 Å². The van der Waals surface area contributed by atoms with Gasteiger partial charge in [-0.05, 0) is 55.5 Å². The number of para-hydroxylation sites is 1. The largest absolute Gasteiger partial charge is 0.324 e. The number of hydrogen-bond acceptors (Lipinski definition) is 6. The Labute approximate surface area is 236 Å². The van der Waals surface area contributed by atoms with E-state index in [1.165, 1.54) is 10.4 Å². The molecule has 1 aliphatic rings. The molecule has 4 aromatic rings. The first-order valence-corrected chi connectivity index (χ1v) is 15.0. The molecule has 1 saturated heterocycles. The Morgan fingerprint density at radius 1 is 0.850 bits per heavy atom. The van der Waals surface area contributed by atoms with Gasteiger partial charge in [0.1, 0.15) is 10.3 Å². The molecule has 0 spiro atoms. The highest BCUT2D eigenvalue weighted by atomic mass is 32.2. The van der Waals surface area contributed by atoms with Crippen molar-refractivity contribution < 1.29 is 22.8 Å². The summed E-state index contributed by atoms with van der Waals surface area (Å²) in [5.74, 6) is -1.25. The molecule has 1 aliphatic heterocycles. The van der Waals surface area contributed by atoms with Crippen LogP contribution < -0.4 is 10.6 Å². The number of hydrogen-bond donors (Lipinski definition) is 2. The summed E-state index contributed by atoms with van der Waals surface area (Å²) in [4.78, 5) is 40.0. The van der Waals surface area contributed by atoms with E-state index in [0.29, 0.717) is 29.7 Å². The van der Waals surface area contributed by atoms with Crippen LogP contribution in [0.15, 0.2) is 94.5 Å². The Morgan fingerprint density at radius 3 is 2.33 bits per heavy atom. The Bertz CT molecular complexity index is 1670. The van der Waals surface area contributed by atoms with Gasteiger partial charge in [0.2, 0.25) is 5.91 Å². The summed E-state index contributed by atoms with van der Waals surface area (Å²) >= 11 is 1.11. The van der Waals surface area contributed by atoms with E-state index in [1.807, 2.05) is 13.0 Å². The van der Waals surface area contributed by atoms with Crippen molar-refractivity contribution in [2.24, 2.45) is 0 Å². The van der Waals surface area contributed by atoms with Gasteiger partial charge in [-0.1, -0.05) is 60.2 Å². The molecular weight excluding hydrogens is 546 g/mol. The summed E-state index contributed by atoms with van der Waals surface area (Å²) in [6, 6.07) is 22.8. The lowest BCUT2D eigenvalue weighted by Crippen LogP contribution is -2.43. The van der Waals surface area contributed by atoms with Gasteiger partial charge in [0.15, 0.2) is 5.78 Å². The van der Waals surface area contributed by atoms with Crippen molar-refractivity contribution in [2.45, 2.75) is 30.0 Å². The molecule has 3 aromatic carbocycles. The Morgan fingerprint density at radius 2 is 1.57 bits per heavy atom. The molecule has 1 fully saturated rings. The van der Waals surface area contributed by atoms with Crippen molar-refractivity contribution in [1.29, 1.82) is 0 Å². The highest BCUT2D eigenvalue weighted by molar-refractivity contribution is 7.91. The third-order valence-electron chi connectivity index (χ3n) is 6.70. The molecule has 8 nitrogen and oxygen atoms in total. The lowest BCUT2D eigenvalue weighted by molar-refractivity contribution is -0.119. The zero-order valence-corrected chi connectivity index (χ0v) is 23.3. The third-order valence-corrected chi connectivity index (χ3v) is 9.98. The predicted octanol–water partition coefficient (Wildman–Crippen LogP) is 5.33. The topological polar surface area (TPSA) is 113 Å². The number of thiophene rings is 1. The normalized spacial score (nSPS) is 15.5. The van der Waals surface area contributed by atoms with E-state index in [4.69, 9.17) is 0 Å². The van der Waals surface area contributed by atoms with Crippen molar-refractivity contribution in [3.8, 4) is 0 Å². The summed E-state index contributed by atoms with van der Waals surface area (Å²) < 4.78 is 27.7. The van der Waals surface area contributed by atoms with Crippen molar-refractivity contribution in [1.82, 2.24) is 4.31 Å². The molecular formula is C30H27N3O5S2. The molecule has 0 radical (unpaired) electrons. The molecule has 2 heterocycles. The Kier molecular flexibility index (Phi) is 7.92. The van der Waals surface area contributed by atoms with Crippen LogP contribution in [0.25, 0.3) is 0 Å². The molecule has 2 N–H and O–H groups in total. The SMILES string of the molecule is Cc1ccc(NC(=O)c2ccccc2NC(=O)C2CCCN2S(=O)(=O)c2cccs2)c(C(=O)c2ccccc2)c1. The van der Waals surface area contributed by atoms with E-state index in [9.17, 15) is 22.8 Å². The van der Waals surface area contributed by atoms with E-state index in [-0.39, 0.29) is 27.8 Å². The van der Waals surface area contributed by atoms with Gasteiger partial charge < -0.3 is 10.6 Å². The van der Waals surface area contributed by atoms with Gasteiger partial charge in [-0.25, -0.2) is 8.42 Å². The molecule has 1 aromatic heterocycles. The summed E-state index contributed by atoms with van der Waals surface area (Å²) in [6.45, 7) is 2.11. The zero-order chi connectivity index (χ0) is 28.3. The lowest BCUT2D eigenvalue weighted by Gasteiger charge is -2.23. The van der Waals surface area contributed by atoms with Gasteiger partial charge >= 0.3 is 0 Å². The second-order valence-corrected chi connectivity index (χ2v) is 12.5. The molecule has 10 heteroatoms. The maximum Gasteiger partial charge on any atom is 0.257 e. The average Bonchev–Trinajstić information content (AvgIpc) is 3.68. The smallest absolute Gasteiger partial charge is 0.257 e. The summed E-state index contributed by atoms with van der Waals surface area (Å²) in [5.41, 5.74) is 2.48. The molecule has 0 saturated carbocycles. The van der Waals surface area contributed by atoms with E-state index in [1.54, 1.807) is 78.2 Å². The second kappa shape index (κ2) is 11.5. The van der Waals surface area contributed by atoms with Crippen LogP contribution in [0.3, 0.4) is 0 Å². The number of nitrogens with one attached hydrogen (secondary N) is 2. The van der Waals surface area contributed by atoms with E-state index >= 15 is 0 Å². The van der Waals surface area contributed by atoms with E-state index < -0.39 is 27.9 Å². The van der Waals surface area contributed by atoms with Crippen LogP contribution >= 0.6 is 11.3 Å². The van der Waals surface area contributed by atoms with Crippen molar-refractivity contribution >= 4 is 50.3 Å².